The average Bonchev–Trinajstić information content (AvgIpc) is 2.66. The van der Waals surface area contributed by atoms with Crippen molar-refractivity contribution < 1.29 is 4.39 Å². The van der Waals surface area contributed by atoms with Crippen LogP contribution in [0.4, 0.5) is 4.39 Å². The number of pyridine rings is 1. The van der Waals surface area contributed by atoms with E-state index >= 15 is 0 Å². The van der Waals surface area contributed by atoms with Crippen molar-refractivity contribution in [1.82, 2.24) is 19.9 Å². The van der Waals surface area contributed by atoms with Crippen molar-refractivity contribution in [3.05, 3.63) is 80.7 Å². The monoisotopic (exact) mass is 370 g/mol. The number of nitrogens with one attached hydrogen (secondary N) is 1. The molecule has 5 nitrogen and oxygen atoms in total. The molecule has 0 fully saturated rings. The van der Waals surface area contributed by atoms with E-state index in [1.165, 1.54) is 6.07 Å². The Bertz CT molecular complexity index is 986. The van der Waals surface area contributed by atoms with E-state index < -0.39 is 0 Å². The lowest BCUT2D eigenvalue weighted by Gasteiger charge is -2.28. The molecule has 0 atom stereocenters. The highest BCUT2D eigenvalue weighted by Gasteiger charge is 2.23. The number of nitrogens with zero attached hydrogens (tertiary/aromatic N) is 3. The van der Waals surface area contributed by atoms with E-state index in [9.17, 15) is 9.18 Å². The second-order valence-corrected chi connectivity index (χ2v) is 6.64. The van der Waals surface area contributed by atoms with Gasteiger partial charge in [-0.05, 0) is 24.3 Å². The SMILES string of the molecule is O=c1[nH]c(-c2ccncc2)nc2c1CN(Cc1c(F)cccc1Cl)CC2. The third kappa shape index (κ3) is 3.25. The Hall–Kier alpha value is -2.57. The molecule has 3 aromatic rings. The van der Waals surface area contributed by atoms with Gasteiger partial charge in [0.25, 0.3) is 5.56 Å². The number of rotatable bonds is 3. The molecule has 132 valence electrons. The molecule has 4 rings (SSSR count). The zero-order chi connectivity index (χ0) is 18.1. The molecule has 1 aliphatic heterocycles. The topological polar surface area (TPSA) is 61.9 Å². The lowest BCUT2D eigenvalue weighted by molar-refractivity contribution is 0.238. The van der Waals surface area contributed by atoms with Gasteiger partial charge in [-0.2, -0.15) is 0 Å². The van der Waals surface area contributed by atoms with E-state index in [1.54, 1.807) is 36.7 Å². The minimum Gasteiger partial charge on any atom is -0.306 e. The van der Waals surface area contributed by atoms with Gasteiger partial charge in [0.1, 0.15) is 11.6 Å². The summed E-state index contributed by atoms with van der Waals surface area (Å²) in [5, 5.41) is 0.399. The highest BCUT2D eigenvalue weighted by atomic mass is 35.5. The van der Waals surface area contributed by atoms with Crippen LogP contribution in [0.1, 0.15) is 16.8 Å². The van der Waals surface area contributed by atoms with Crippen LogP contribution in [0.2, 0.25) is 5.02 Å². The number of halogens is 2. The van der Waals surface area contributed by atoms with E-state index in [4.69, 9.17) is 11.6 Å². The first-order chi connectivity index (χ1) is 12.6. The maximum Gasteiger partial charge on any atom is 0.255 e. The van der Waals surface area contributed by atoms with Crippen molar-refractivity contribution >= 4 is 11.6 Å². The van der Waals surface area contributed by atoms with Gasteiger partial charge in [-0.1, -0.05) is 17.7 Å². The summed E-state index contributed by atoms with van der Waals surface area (Å²) in [6.45, 7) is 1.46. The normalized spacial score (nSPS) is 14.2. The van der Waals surface area contributed by atoms with Gasteiger partial charge in [0, 0.05) is 54.6 Å². The molecule has 7 heteroatoms. The van der Waals surface area contributed by atoms with Crippen LogP contribution >= 0.6 is 11.6 Å². The summed E-state index contributed by atoms with van der Waals surface area (Å²) in [4.78, 5) is 26.0. The van der Waals surface area contributed by atoms with Crippen LogP contribution in [0.5, 0.6) is 0 Å². The summed E-state index contributed by atoms with van der Waals surface area (Å²) in [6.07, 6.45) is 3.95. The number of benzene rings is 1. The maximum atomic E-state index is 14.0. The molecule has 0 saturated heterocycles. The molecule has 26 heavy (non-hydrogen) atoms. The molecule has 2 aromatic heterocycles. The van der Waals surface area contributed by atoms with Crippen LogP contribution in [0, 0.1) is 5.82 Å². The van der Waals surface area contributed by atoms with Gasteiger partial charge in [0.2, 0.25) is 0 Å². The van der Waals surface area contributed by atoms with E-state index in [1.807, 2.05) is 4.90 Å². The molecule has 0 amide bonds. The fourth-order valence-electron chi connectivity index (χ4n) is 3.17. The van der Waals surface area contributed by atoms with Crippen LogP contribution in [0.3, 0.4) is 0 Å². The van der Waals surface area contributed by atoms with Gasteiger partial charge in [0.15, 0.2) is 0 Å². The van der Waals surface area contributed by atoms with E-state index in [0.717, 1.165) is 11.3 Å². The van der Waals surface area contributed by atoms with Crippen LogP contribution in [-0.4, -0.2) is 26.4 Å². The number of hydrogen-bond acceptors (Lipinski definition) is 4. The molecule has 0 aliphatic carbocycles. The molecular formula is C19H16ClFN4O. The van der Waals surface area contributed by atoms with Gasteiger partial charge in [0.05, 0.1) is 11.3 Å². The minimum absolute atomic E-state index is 0.161. The Labute approximate surface area is 154 Å². The van der Waals surface area contributed by atoms with Crippen LogP contribution in [0.25, 0.3) is 11.4 Å². The lowest BCUT2D eigenvalue weighted by atomic mass is 10.1. The predicted octanol–water partition coefficient (Wildman–Crippen LogP) is 3.18. The number of hydrogen-bond donors (Lipinski definition) is 1. The highest BCUT2D eigenvalue weighted by molar-refractivity contribution is 6.31. The fourth-order valence-corrected chi connectivity index (χ4v) is 3.39. The van der Waals surface area contributed by atoms with Crippen LogP contribution in [0.15, 0.2) is 47.5 Å². The van der Waals surface area contributed by atoms with Gasteiger partial charge < -0.3 is 4.98 Å². The van der Waals surface area contributed by atoms with Crippen molar-refractivity contribution in [2.24, 2.45) is 0 Å². The predicted molar refractivity (Wildman–Crippen MR) is 97.3 cm³/mol. The van der Waals surface area contributed by atoms with Gasteiger partial charge >= 0.3 is 0 Å². The molecule has 0 spiro atoms. The third-order valence-electron chi connectivity index (χ3n) is 4.54. The van der Waals surface area contributed by atoms with Crippen molar-refractivity contribution in [2.45, 2.75) is 19.5 Å². The Morgan fingerprint density at radius 2 is 2.04 bits per heavy atom. The van der Waals surface area contributed by atoms with Gasteiger partial charge in [-0.25, -0.2) is 9.37 Å². The Kier molecular flexibility index (Phi) is 4.53. The summed E-state index contributed by atoms with van der Waals surface area (Å²) < 4.78 is 14.0. The molecule has 3 heterocycles. The molecule has 0 unspecified atom stereocenters. The third-order valence-corrected chi connectivity index (χ3v) is 4.90. The smallest absolute Gasteiger partial charge is 0.255 e. The Balaban J connectivity index is 1.61. The highest BCUT2D eigenvalue weighted by Crippen LogP contribution is 2.24. The van der Waals surface area contributed by atoms with Crippen LogP contribution < -0.4 is 5.56 Å². The van der Waals surface area contributed by atoms with Crippen molar-refractivity contribution in [3.63, 3.8) is 0 Å². The van der Waals surface area contributed by atoms with Crippen molar-refractivity contribution in [2.75, 3.05) is 6.54 Å². The quantitative estimate of drug-likeness (QED) is 0.769. The first-order valence-electron chi connectivity index (χ1n) is 8.29. The zero-order valence-corrected chi connectivity index (χ0v) is 14.6. The van der Waals surface area contributed by atoms with Crippen LogP contribution in [-0.2, 0) is 19.5 Å². The Morgan fingerprint density at radius 3 is 2.81 bits per heavy atom. The summed E-state index contributed by atoms with van der Waals surface area (Å²) in [6, 6.07) is 8.27. The summed E-state index contributed by atoms with van der Waals surface area (Å²) in [5.41, 5.74) is 2.53. The molecule has 0 radical (unpaired) electrons. The average molecular weight is 371 g/mol. The fraction of sp³-hybridized carbons (Fsp3) is 0.211. The second kappa shape index (κ2) is 6.97. The summed E-state index contributed by atoms with van der Waals surface area (Å²) >= 11 is 6.12. The summed E-state index contributed by atoms with van der Waals surface area (Å²) in [7, 11) is 0. The number of aromatic nitrogens is 3. The van der Waals surface area contributed by atoms with Crippen molar-refractivity contribution in [3.8, 4) is 11.4 Å². The van der Waals surface area contributed by atoms with E-state index in [-0.39, 0.29) is 11.4 Å². The standard InChI is InChI=1S/C19H16ClFN4O/c20-15-2-1-3-16(21)13(15)10-25-9-6-17-14(11-25)19(26)24-18(23-17)12-4-7-22-8-5-12/h1-5,7-8H,6,9-11H2,(H,23,24,26). The number of H-pyrrole nitrogens is 1. The largest absolute Gasteiger partial charge is 0.306 e. The molecule has 1 aliphatic rings. The van der Waals surface area contributed by atoms with Gasteiger partial charge in [-0.3, -0.25) is 14.7 Å². The molecular weight excluding hydrogens is 355 g/mol. The number of fused-ring (bicyclic) bond motifs is 1. The second-order valence-electron chi connectivity index (χ2n) is 6.24. The molecule has 0 saturated carbocycles. The number of aromatic amines is 1. The first-order valence-corrected chi connectivity index (χ1v) is 8.67. The van der Waals surface area contributed by atoms with E-state index in [0.29, 0.717) is 48.0 Å². The maximum absolute atomic E-state index is 14.0. The molecule has 1 N–H and O–H groups in total. The molecule has 1 aromatic carbocycles. The van der Waals surface area contributed by atoms with E-state index in [2.05, 4.69) is 15.0 Å². The van der Waals surface area contributed by atoms with Gasteiger partial charge in [-0.15, -0.1) is 0 Å². The van der Waals surface area contributed by atoms with Crippen molar-refractivity contribution in [1.29, 1.82) is 0 Å². The minimum atomic E-state index is -0.330. The zero-order valence-electron chi connectivity index (χ0n) is 13.9. The lowest BCUT2D eigenvalue weighted by Crippen LogP contribution is -2.35. The Morgan fingerprint density at radius 1 is 1.23 bits per heavy atom. The summed E-state index contributed by atoms with van der Waals surface area (Å²) in [5.74, 6) is 0.213. The molecule has 0 bridgehead atoms. The first kappa shape index (κ1) is 16.9.